The minimum Gasteiger partial charge on any atom is -0.489 e. The second kappa shape index (κ2) is 11.2. The largest absolute Gasteiger partial charge is 0.489 e. The minimum atomic E-state index is -0.626. The van der Waals surface area contributed by atoms with Gasteiger partial charge in [0.15, 0.2) is 4.80 Å². The third-order valence-electron chi connectivity index (χ3n) is 6.14. The molecule has 6 nitrogen and oxygen atoms in total. The van der Waals surface area contributed by atoms with E-state index in [1.165, 1.54) is 11.3 Å². The number of ether oxygens (including phenoxy) is 2. The summed E-state index contributed by atoms with van der Waals surface area (Å²) >= 11 is 7.53. The molecular formula is C30H25ClN2O4S. The lowest BCUT2D eigenvalue weighted by Crippen LogP contribution is -2.39. The summed E-state index contributed by atoms with van der Waals surface area (Å²) in [5.74, 6) is 0.189. The first kappa shape index (κ1) is 25.7. The first-order valence-corrected chi connectivity index (χ1v) is 13.4. The molecule has 192 valence electrons. The average Bonchev–Trinajstić information content (AvgIpc) is 3.22. The Kier molecular flexibility index (Phi) is 7.58. The quantitative estimate of drug-likeness (QED) is 0.306. The normalized spacial score (nSPS) is 15.1. The molecule has 1 aromatic heterocycles. The van der Waals surface area contributed by atoms with Gasteiger partial charge < -0.3 is 9.47 Å². The summed E-state index contributed by atoms with van der Waals surface area (Å²) in [6.45, 7) is 4.10. The highest BCUT2D eigenvalue weighted by Gasteiger charge is 2.33. The van der Waals surface area contributed by atoms with Crippen LogP contribution < -0.4 is 19.6 Å². The maximum absolute atomic E-state index is 13.7. The fourth-order valence-electron chi connectivity index (χ4n) is 4.36. The molecule has 2 heterocycles. The van der Waals surface area contributed by atoms with Gasteiger partial charge in [0.2, 0.25) is 0 Å². The number of allylic oxidation sites excluding steroid dienone is 1. The van der Waals surface area contributed by atoms with Gasteiger partial charge in [0, 0.05) is 10.6 Å². The predicted octanol–water partition coefficient (Wildman–Crippen LogP) is 5.03. The van der Waals surface area contributed by atoms with Crippen molar-refractivity contribution in [3.63, 3.8) is 0 Å². The number of rotatable bonds is 7. The highest BCUT2D eigenvalue weighted by Crippen LogP contribution is 2.30. The summed E-state index contributed by atoms with van der Waals surface area (Å²) in [7, 11) is 0. The molecule has 0 spiro atoms. The number of halogens is 1. The van der Waals surface area contributed by atoms with E-state index in [1.807, 2.05) is 84.9 Å². The van der Waals surface area contributed by atoms with Gasteiger partial charge in [0.25, 0.3) is 5.56 Å². The van der Waals surface area contributed by atoms with E-state index in [9.17, 15) is 9.59 Å². The van der Waals surface area contributed by atoms with Crippen molar-refractivity contribution in [2.24, 2.45) is 4.99 Å². The van der Waals surface area contributed by atoms with Crippen LogP contribution in [0, 0.1) is 0 Å². The third kappa shape index (κ3) is 5.21. The summed E-state index contributed by atoms with van der Waals surface area (Å²) in [4.78, 5) is 31.8. The van der Waals surface area contributed by atoms with Gasteiger partial charge in [0.05, 0.1) is 28.5 Å². The van der Waals surface area contributed by atoms with E-state index in [1.54, 1.807) is 18.4 Å². The van der Waals surface area contributed by atoms with E-state index in [4.69, 9.17) is 21.1 Å². The number of carbonyl (C=O) groups excluding carboxylic acids is 1. The molecule has 1 aliphatic heterocycles. The topological polar surface area (TPSA) is 69.9 Å². The van der Waals surface area contributed by atoms with Crippen molar-refractivity contribution in [3.05, 3.63) is 132 Å². The van der Waals surface area contributed by atoms with Crippen molar-refractivity contribution in [1.82, 2.24) is 4.57 Å². The fourth-order valence-corrected chi connectivity index (χ4v) is 5.60. The van der Waals surface area contributed by atoms with Gasteiger partial charge in [0.1, 0.15) is 12.4 Å². The standard InChI is InChI=1S/C30H25ClN2O4S/c1-3-36-29(35)26-19(2)32-30-33(27(26)21-11-5-4-6-12-21)28(34)25(38-30)17-20-10-9-14-23(16-20)37-18-22-13-7-8-15-24(22)31/h4-17,27H,3,18H2,1-2H3/b25-17-/t27-/m1/s1. The van der Waals surface area contributed by atoms with Crippen LogP contribution in [-0.2, 0) is 16.1 Å². The van der Waals surface area contributed by atoms with Gasteiger partial charge in [-0.1, -0.05) is 83.6 Å². The predicted molar refractivity (Wildman–Crippen MR) is 149 cm³/mol. The maximum Gasteiger partial charge on any atom is 0.338 e. The summed E-state index contributed by atoms with van der Waals surface area (Å²) in [5.41, 5.74) is 3.20. The molecule has 0 amide bonds. The number of aromatic nitrogens is 1. The molecule has 1 aliphatic rings. The van der Waals surface area contributed by atoms with Gasteiger partial charge in [-0.25, -0.2) is 9.79 Å². The van der Waals surface area contributed by atoms with Crippen molar-refractivity contribution in [1.29, 1.82) is 0 Å². The molecule has 4 aromatic rings. The molecular weight excluding hydrogens is 520 g/mol. The van der Waals surface area contributed by atoms with Crippen LogP contribution in [0.3, 0.4) is 0 Å². The first-order chi connectivity index (χ1) is 18.5. The molecule has 5 rings (SSSR count). The SMILES string of the molecule is CCOC(=O)C1=C(C)N=c2s/c(=C\c3cccc(OCc4ccccc4Cl)c3)c(=O)n2[C@@H]1c1ccccc1. The van der Waals surface area contributed by atoms with Crippen LogP contribution in [0.2, 0.25) is 5.02 Å². The number of thiazole rings is 1. The second-order valence-electron chi connectivity index (χ2n) is 8.67. The maximum atomic E-state index is 13.7. The van der Waals surface area contributed by atoms with E-state index in [-0.39, 0.29) is 12.2 Å². The van der Waals surface area contributed by atoms with Crippen LogP contribution in [0.25, 0.3) is 6.08 Å². The van der Waals surface area contributed by atoms with Gasteiger partial charge in [-0.05, 0) is 49.2 Å². The van der Waals surface area contributed by atoms with Gasteiger partial charge in [-0.2, -0.15) is 0 Å². The molecule has 8 heteroatoms. The van der Waals surface area contributed by atoms with Crippen LogP contribution in [0.4, 0.5) is 0 Å². The molecule has 3 aromatic carbocycles. The van der Waals surface area contributed by atoms with Crippen LogP contribution in [0.5, 0.6) is 5.75 Å². The number of esters is 1. The smallest absolute Gasteiger partial charge is 0.338 e. The van der Waals surface area contributed by atoms with Crippen molar-refractivity contribution < 1.29 is 14.3 Å². The van der Waals surface area contributed by atoms with E-state index < -0.39 is 12.0 Å². The van der Waals surface area contributed by atoms with Gasteiger partial charge >= 0.3 is 5.97 Å². The van der Waals surface area contributed by atoms with E-state index >= 15 is 0 Å². The Hall–Kier alpha value is -3.94. The Labute approximate surface area is 228 Å². The van der Waals surface area contributed by atoms with E-state index in [0.717, 1.165) is 16.7 Å². The molecule has 0 aliphatic carbocycles. The molecule has 0 saturated carbocycles. The molecule has 0 bridgehead atoms. The van der Waals surface area contributed by atoms with Crippen LogP contribution in [-0.4, -0.2) is 17.1 Å². The first-order valence-electron chi connectivity index (χ1n) is 12.2. The summed E-state index contributed by atoms with van der Waals surface area (Å²) in [6.07, 6.45) is 1.82. The Morgan fingerprint density at radius 2 is 1.84 bits per heavy atom. The van der Waals surface area contributed by atoms with Crippen molar-refractivity contribution in [2.45, 2.75) is 26.5 Å². The molecule has 0 radical (unpaired) electrons. The van der Waals surface area contributed by atoms with Gasteiger partial charge in [-0.15, -0.1) is 0 Å². The highest BCUT2D eigenvalue weighted by molar-refractivity contribution is 7.07. The average molecular weight is 545 g/mol. The van der Waals surface area contributed by atoms with E-state index in [0.29, 0.717) is 38.0 Å². The molecule has 38 heavy (non-hydrogen) atoms. The Balaban J connectivity index is 1.54. The number of carbonyl (C=O) groups is 1. The lowest BCUT2D eigenvalue weighted by Gasteiger charge is -2.24. The number of hydrogen-bond donors (Lipinski definition) is 0. The monoisotopic (exact) mass is 544 g/mol. The Morgan fingerprint density at radius 3 is 2.61 bits per heavy atom. The molecule has 1 atom stereocenters. The molecule has 0 N–H and O–H groups in total. The Morgan fingerprint density at radius 1 is 1.08 bits per heavy atom. The summed E-state index contributed by atoms with van der Waals surface area (Å²) in [5, 5.41) is 0.648. The summed E-state index contributed by atoms with van der Waals surface area (Å²) in [6, 6.07) is 23.9. The van der Waals surface area contributed by atoms with Crippen LogP contribution in [0.1, 0.15) is 36.6 Å². The zero-order valence-corrected chi connectivity index (χ0v) is 22.5. The number of benzene rings is 3. The highest BCUT2D eigenvalue weighted by atomic mass is 35.5. The number of fused-ring (bicyclic) bond motifs is 1. The van der Waals surface area contributed by atoms with Crippen molar-refractivity contribution in [2.75, 3.05) is 6.61 Å². The lowest BCUT2D eigenvalue weighted by molar-refractivity contribution is -0.139. The Bertz CT molecular complexity index is 1710. The minimum absolute atomic E-state index is 0.223. The molecule has 0 saturated heterocycles. The molecule has 0 unspecified atom stereocenters. The number of nitrogens with zero attached hydrogens (tertiary/aromatic N) is 2. The summed E-state index contributed by atoms with van der Waals surface area (Å²) < 4.78 is 13.4. The molecule has 0 fully saturated rings. The second-order valence-corrected chi connectivity index (χ2v) is 10.1. The zero-order chi connectivity index (χ0) is 26.6. The number of hydrogen-bond acceptors (Lipinski definition) is 6. The van der Waals surface area contributed by atoms with Gasteiger partial charge in [-0.3, -0.25) is 9.36 Å². The van der Waals surface area contributed by atoms with Crippen molar-refractivity contribution >= 4 is 35.0 Å². The van der Waals surface area contributed by atoms with Crippen molar-refractivity contribution in [3.8, 4) is 5.75 Å². The third-order valence-corrected chi connectivity index (χ3v) is 7.49. The van der Waals surface area contributed by atoms with E-state index in [2.05, 4.69) is 4.99 Å². The lowest BCUT2D eigenvalue weighted by atomic mass is 9.96. The van der Waals surface area contributed by atoms with Crippen LogP contribution in [0.15, 0.2) is 99.9 Å². The fraction of sp³-hybridized carbons (Fsp3) is 0.167. The zero-order valence-electron chi connectivity index (χ0n) is 20.9. The van der Waals surface area contributed by atoms with Crippen LogP contribution >= 0.6 is 22.9 Å².